The summed E-state index contributed by atoms with van der Waals surface area (Å²) in [6.45, 7) is 9.62. The van der Waals surface area contributed by atoms with Crippen molar-refractivity contribution in [1.82, 2.24) is 0 Å². The predicted molar refractivity (Wildman–Crippen MR) is 81.1 cm³/mol. The van der Waals surface area contributed by atoms with Crippen molar-refractivity contribution in [2.45, 2.75) is 53.0 Å². The lowest BCUT2D eigenvalue weighted by atomic mass is 10.1. The third kappa shape index (κ3) is 4.34. The normalized spacial score (nSPS) is 10.7. The number of hydrogen-bond donors (Lipinski definition) is 1. The lowest BCUT2D eigenvalue weighted by Crippen LogP contribution is -2.25. The molecule has 0 amide bonds. The molecule has 0 aliphatic heterocycles. The molecule has 0 bridgehead atoms. The van der Waals surface area contributed by atoms with Gasteiger partial charge < -0.3 is 10.6 Å². The summed E-state index contributed by atoms with van der Waals surface area (Å²) in [5.41, 5.74) is 9.64. The van der Waals surface area contributed by atoms with Crippen LogP contribution in [-0.4, -0.2) is 13.1 Å². The van der Waals surface area contributed by atoms with Crippen LogP contribution < -0.4 is 10.6 Å². The Balaban J connectivity index is 2.79. The van der Waals surface area contributed by atoms with Gasteiger partial charge in [-0.05, 0) is 43.0 Å². The first kappa shape index (κ1) is 15.0. The summed E-state index contributed by atoms with van der Waals surface area (Å²) < 4.78 is 0. The van der Waals surface area contributed by atoms with Crippen LogP contribution in [0.4, 0.5) is 5.69 Å². The van der Waals surface area contributed by atoms with Crippen molar-refractivity contribution in [3.63, 3.8) is 0 Å². The zero-order chi connectivity index (χ0) is 13.4. The summed E-state index contributed by atoms with van der Waals surface area (Å²) in [6, 6.07) is 6.68. The molecule has 0 aromatic heterocycles. The highest BCUT2D eigenvalue weighted by Gasteiger charge is 2.07. The van der Waals surface area contributed by atoms with E-state index in [9.17, 15) is 0 Å². The topological polar surface area (TPSA) is 29.3 Å². The van der Waals surface area contributed by atoms with Gasteiger partial charge in [-0.3, -0.25) is 0 Å². The van der Waals surface area contributed by atoms with Crippen LogP contribution in [0.25, 0.3) is 0 Å². The molecular formula is C16H28N2. The monoisotopic (exact) mass is 248 g/mol. The van der Waals surface area contributed by atoms with Crippen LogP contribution in [0.3, 0.4) is 0 Å². The zero-order valence-corrected chi connectivity index (χ0v) is 12.2. The molecule has 0 saturated heterocycles. The van der Waals surface area contributed by atoms with Gasteiger partial charge in [-0.25, -0.2) is 0 Å². The predicted octanol–water partition coefficient (Wildman–Crippen LogP) is 3.86. The van der Waals surface area contributed by atoms with E-state index in [0.29, 0.717) is 6.54 Å². The van der Waals surface area contributed by atoms with Gasteiger partial charge in [0.05, 0.1) is 0 Å². The Labute approximate surface area is 112 Å². The van der Waals surface area contributed by atoms with Crippen molar-refractivity contribution in [3.05, 3.63) is 29.3 Å². The Hall–Kier alpha value is -1.02. The Kier molecular flexibility index (Phi) is 6.81. The number of nitrogens with zero attached hydrogens (tertiary/aromatic N) is 1. The third-order valence-corrected chi connectivity index (χ3v) is 3.47. The number of aryl methyl sites for hydroxylation is 1. The first-order valence-corrected chi connectivity index (χ1v) is 7.27. The maximum Gasteiger partial charge on any atom is 0.0369 e. The molecule has 1 rings (SSSR count). The summed E-state index contributed by atoms with van der Waals surface area (Å²) >= 11 is 0. The molecule has 2 heteroatoms. The molecule has 2 nitrogen and oxygen atoms in total. The first-order chi connectivity index (χ1) is 8.72. The van der Waals surface area contributed by atoms with Crippen molar-refractivity contribution in [2.75, 3.05) is 18.0 Å². The van der Waals surface area contributed by atoms with E-state index in [1.54, 1.807) is 0 Å². The minimum atomic E-state index is 0.635. The van der Waals surface area contributed by atoms with Gasteiger partial charge in [-0.2, -0.15) is 0 Å². The van der Waals surface area contributed by atoms with E-state index in [1.807, 2.05) is 0 Å². The molecule has 0 fully saturated rings. The maximum absolute atomic E-state index is 5.72. The number of unbranched alkanes of at least 4 members (excludes halogenated alkanes) is 2. The van der Waals surface area contributed by atoms with Gasteiger partial charge in [-0.15, -0.1) is 0 Å². The minimum absolute atomic E-state index is 0.635. The van der Waals surface area contributed by atoms with Gasteiger partial charge in [0.2, 0.25) is 0 Å². The average Bonchev–Trinajstić information content (AvgIpc) is 2.39. The highest BCUT2D eigenvalue weighted by molar-refractivity contribution is 5.50. The average molecular weight is 248 g/mol. The molecule has 0 aliphatic rings. The van der Waals surface area contributed by atoms with E-state index in [4.69, 9.17) is 5.73 Å². The molecule has 0 unspecified atom stereocenters. The van der Waals surface area contributed by atoms with Gasteiger partial charge in [0.25, 0.3) is 0 Å². The van der Waals surface area contributed by atoms with Crippen molar-refractivity contribution in [2.24, 2.45) is 5.73 Å². The molecule has 0 saturated carbocycles. The van der Waals surface area contributed by atoms with Crippen LogP contribution in [0.2, 0.25) is 0 Å². The highest BCUT2D eigenvalue weighted by Crippen LogP contribution is 2.20. The van der Waals surface area contributed by atoms with Crippen LogP contribution in [0, 0.1) is 6.92 Å². The largest absolute Gasteiger partial charge is 0.372 e. The lowest BCUT2D eigenvalue weighted by molar-refractivity contribution is 0.677. The first-order valence-electron chi connectivity index (χ1n) is 7.27. The van der Waals surface area contributed by atoms with E-state index in [-0.39, 0.29) is 0 Å². The van der Waals surface area contributed by atoms with Crippen LogP contribution in [0.15, 0.2) is 18.2 Å². The van der Waals surface area contributed by atoms with Gasteiger partial charge >= 0.3 is 0 Å². The summed E-state index contributed by atoms with van der Waals surface area (Å²) in [7, 11) is 0. The smallest absolute Gasteiger partial charge is 0.0369 e. The Morgan fingerprint density at radius 2 is 1.67 bits per heavy atom. The van der Waals surface area contributed by atoms with Crippen molar-refractivity contribution < 1.29 is 0 Å². The quantitative estimate of drug-likeness (QED) is 0.757. The van der Waals surface area contributed by atoms with E-state index in [0.717, 1.165) is 13.1 Å². The maximum atomic E-state index is 5.72. The molecule has 2 N–H and O–H groups in total. The second-order valence-electron chi connectivity index (χ2n) is 5.01. The van der Waals surface area contributed by atoms with E-state index in [2.05, 4.69) is 43.9 Å². The van der Waals surface area contributed by atoms with E-state index in [1.165, 1.54) is 42.5 Å². The third-order valence-electron chi connectivity index (χ3n) is 3.47. The number of nitrogens with two attached hydrogens (primary N) is 1. The van der Waals surface area contributed by atoms with Gasteiger partial charge in [0, 0.05) is 25.3 Å². The van der Waals surface area contributed by atoms with E-state index < -0.39 is 0 Å². The van der Waals surface area contributed by atoms with Crippen molar-refractivity contribution >= 4 is 5.69 Å². The van der Waals surface area contributed by atoms with Crippen LogP contribution in [0.5, 0.6) is 0 Å². The van der Waals surface area contributed by atoms with Crippen LogP contribution >= 0.6 is 0 Å². The molecule has 1 aromatic rings. The molecule has 0 radical (unpaired) electrons. The SMILES string of the molecule is CCCCN(CCCC)c1ccc(CN)c(C)c1. The molecule has 102 valence electrons. The van der Waals surface area contributed by atoms with Crippen molar-refractivity contribution in [1.29, 1.82) is 0 Å². The fourth-order valence-corrected chi connectivity index (χ4v) is 2.17. The van der Waals surface area contributed by atoms with Crippen molar-refractivity contribution in [3.8, 4) is 0 Å². The summed E-state index contributed by atoms with van der Waals surface area (Å²) in [5, 5.41) is 0. The highest BCUT2D eigenvalue weighted by atomic mass is 15.1. The molecule has 0 heterocycles. The molecular weight excluding hydrogens is 220 g/mol. The number of benzene rings is 1. The minimum Gasteiger partial charge on any atom is -0.372 e. The number of hydrogen-bond acceptors (Lipinski definition) is 2. The molecule has 0 atom stereocenters. The Bertz CT molecular complexity index is 339. The fraction of sp³-hybridized carbons (Fsp3) is 0.625. The van der Waals surface area contributed by atoms with Crippen LogP contribution in [-0.2, 0) is 6.54 Å². The number of rotatable bonds is 8. The molecule has 0 spiro atoms. The molecule has 18 heavy (non-hydrogen) atoms. The summed E-state index contributed by atoms with van der Waals surface area (Å²) in [6.07, 6.45) is 5.04. The molecule has 0 aliphatic carbocycles. The number of anilines is 1. The fourth-order valence-electron chi connectivity index (χ4n) is 2.17. The Morgan fingerprint density at radius 1 is 1.06 bits per heavy atom. The standard InChI is InChI=1S/C16H28N2/c1-4-6-10-18(11-7-5-2)16-9-8-15(13-17)14(3)12-16/h8-9,12H,4-7,10-11,13,17H2,1-3H3. The zero-order valence-electron chi connectivity index (χ0n) is 12.2. The second kappa shape index (κ2) is 8.15. The van der Waals surface area contributed by atoms with Gasteiger partial charge in [0.15, 0.2) is 0 Å². The van der Waals surface area contributed by atoms with E-state index >= 15 is 0 Å². The second-order valence-corrected chi connectivity index (χ2v) is 5.01. The summed E-state index contributed by atoms with van der Waals surface area (Å²) in [4.78, 5) is 2.51. The lowest BCUT2D eigenvalue weighted by Gasteiger charge is -2.25. The van der Waals surface area contributed by atoms with Gasteiger partial charge in [0.1, 0.15) is 0 Å². The Morgan fingerprint density at radius 3 is 2.11 bits per heavy atom. The van der Waals surface area contributed by atoms with Gasteiger partial charge in [-0.1, -0.05) is 32.8 Å². The molecule has 1 aromatic carbocycles. The summed E-state index contributed by atoms with van der Waals surface area (Å²) in [5.74, 6) is 0. The van der Waals surface area contributed by atoms with Crippen LogP contribution in [0.1, 0.15) is 50.7 Å².